The number of thiophene rings is 1. The van der Waals surface area contributed by atoms with Crippen LogP contribution in [0.1, 0.15) is 12.3 Å². The second-order valence-corrected chi connectivity index (χ2v) is 9.29. The minimum Gasteiger partial charge on any atom is -0.495 e. The second-order valence-electron chi connectivity index (χ2n) is 6.19. The van der Waals surface area contributed by atoms with Crippen LogP contribution in [0, 0.1) is 0 Å². The molecule has 154 valence electrons. The number of aromatic nitrogens is 2. The molecular weight excluding hydrogens is 416 g/mol. The highest BCUT2D eigenvalue weighted by Crippen LogP contribution is 2.28. The van der Waals surface area contributed by atoms with E-state index in [-0.39, 0.29) is 29.3 Å². The van der Waals surface area contributed by atoms with Crippen LogP contribution in [0.5, 0.6) is 5.75 Å². The van der Waals surface area contributed by atoms with E-state index in [0.717, 1.165) is 9.18 Å². The fourth-order valence-corrected chi connectivity index (χ4v) is 4.03. The van der Waals surface area contributed by atoms with Crippen molar-refractivity contribution in [3.63, 3.8) is 0 Å². The van der Waals surface area contributed by atoms with Crippen molar-refractivity contribution in [1.29, 1.82) is 0 Å². The molecule has 0 aliphatic rings. The third-order valence-corrected chi connectivity index (χ3v) is 6.68. The highest BCUT2D eigenvalue weighted by molar-refractivity contribution is 7.89. The molecule has 0 fully saturated rings. The van der Waals surface area contributed by atoms with Gasteiger partial charge in [0.25, 0.3) is 0 Å². The van der Waals surface area contributed by atoms with Crippen LogP contribution in [0.3, 0.4) is 0 Å². The third-order valence-electron chi connectivity index (χ3n) is 4.00. The minimum atomic E-state index is -3.64. The second kappa shape index (κ2) is 8.72. The van der Waals surface area contributed by atoms with Gasteiger partial charge in [0.15, 0.2) is 0 Å². The summed E-state index contributed by atoms with van der Waals surface area (Å²) >= 11 is 1.49. The van der Waals surface area contributed by atoms with Gasteiger partial charge in [-0.1, -0.05) is 11.2 Å². The van der Waals surface area contributed by atoms with E-state index in [9.17, 15) is 13.2 Å². The first-order valence-electron chi connectivity index (χ1n) is 8.58. The van der Waals surface area contributed by atoms with Gasteiger partial charge in [-0.2, -0.15) is 4.98 Å². The van der Waals surface area contributed by atoms with Crippen LogP contribution in [-0.2, 0) is 21.2 Å². The Hall–Kier alpha value is -2.76. The molecule has 9 nitrogen and oxygen atoms in total. The van der Waals surface area contributed by atoms with E-state index in [1.807, 2.05) is 17.5 Å². The molecule has 0 bridgehead atoms. The van der Waals surface area contributed by atoms with E-state index in [1.54, 1.807) is 0 Å². The Kier molecular flexibility index (Phi) is 6.30. The number of aryl methyl sites for hydroxylation is 1. The standard InChI is InChI=1S/C18H20N4O5S2/c1-22(2)29(24,25)12-6-7-14(26-3)13(11-12)19-16(23)8-9-17-20-18(21-27-17)15-5-4-10-28-15/h4-7,10-11H,8-9H2,1-3H3,(H,19,23). The van der Waals surface area contributed by atoms with Gasteiger partial charge in [-0.05, 0) is 29.6 Å². The van der Waals surface area contributed by atoms with E-state index < -0.39 is 10.0 Å². The first-order valence-corrected chi connectivity index (χ1v) is 10.9. The number of nitrogens with one attached hydrogen (secondary N) is 1. The van der Waals surface area contributed by atoms with Crippen LogP contribution in [0.4, 0.5) is 5.69 Å². The van der Waals surface area contributed by atoms with Crippen molar-refractivity contribution in [3.8, 4) is 16.5 Å². The monoisotopic (exact) mass is 436 g/mol. The van der Waals surface area contributed by atoms with Gasteiger partial charge in [0.1, 0.15) is 5.75 Å². The summed E-state index contributed by atoms with van der Waals surface area (Å²) in [4.78, 5) is 17.6. The molecule has 11 heteroatoms. The van der Waals surface area contributed by atoms with Crippen molar-refractivity contribution in [2.45, 2.75) is 17.7 Å². The Morgan fingerprint density at radius 3 is 2.76 bits per heavy atom. The quantitative estimate of drug-likeness (QED) is 0.577. The molecule has 1 N–H and O–H groups in total. The van der Waals surface area contributed by atoms with Crippen molar-refractivity contribution >= 4 is 33.0 Å². The maximum absolute atomic E-state index is 12.4. The molecule has 0 saturated heterocycles. The first-order chi connectivity index (χ1) is 13.8. The van der Waals surface area contributed by atoms with E-state index in [0.29, 0.717) is 17.5 Å². The molecule has 2 heterocycles. The highest BCUT2D eigenvalue weighted by atomic mass is 32.2. The Labute approximate surface area is 172 Å². The van der Waals surface area contributed by atoms with Crippen LogP contribution in [-0.4, -0.2) is 50.0 Å². The Balaban J connectivity index is 1.68. The van der Waals surface area contributed by atoms with Gasteiger partial charge in [-0.3, -0.25) is 4.79 Å². The molecule has 1 amide bonds. The summed E-state index contributed by atoms with van der Waals surface area (Å²) in [5, 5.41) is 8.50. The van der Waals surface area contributed by atoms with Crippen LogP contribution < -0.4 is 10.1 Å². The highest BCUT2D eigenvalue weighted by Gasteiger charge is 2.20. The van der Waals surface area contributed by atoms with E-state index in [2.05, 4.69) is 15.5 Å². The average molecular weight is 437 g/mol. The molecule has 1 aromatic carbocycles. The number of ether oxygens (including phenoxy) is 1. The SMILES string of the molecule is COc1ccc(S(=O)(=O)N(C)C)cc1NC(=O)CCc1nc(-c2cccs2)no1. The average Bonchev–Trinajstić information content (AvgIpc) is 3.37. The number of rotatable bonds is 8. The first kappa shape index (κ1) is 21.0. The molecule has 3 rings (SSSR count). The molecule has 29 heavy (non-hydrogen) atoms. The van der Waals surface area contributed by atoms with Crippen LogP contribution >= 0.6 is 11.3 Å². The molecule has 0 radical (unpaired) electrons. The van der Waals surface area contributed by atoms with E-state index >= 15 is 0 Å². The fourth-order valence-electron chi connectivity index (χ4n) is 2.45. The smallest absolute Gasteiger partial charge is 0.242 e. The number of methoxy groups -OCH3 is 1. The summed E-state index contributed by atoms with van der Waals surface area (Å²) in [6, 6.07) is 8.06. The molecule has 0 atom stereocenters. The van der Waals surface area contributed by atoms with Crippen molar-refractivity contribution in [2.24, 2.45) is 0 Å². The van der Waals surface area contributed by atoms with Crippen molar-refractivity contribution in [3.05, 3.63) is 41.6 Å². The van der Waals surface area contributed by atoms with Crippen molar-refractivity contribution in [1.82, 2.24) is 14.4 Å². The fraction of sp³-hybridized carbons (Fsp3) is 0.278. The lowest BCUT2D eigenvalue weighted by Crippen LogP contribution is -2.22. The van der Waals surface area contributed by atoms with E-state index in [4.69, 9.17) is 9.26 Å². The Bertz CT molecular complexity index is 1090. The van der Waals surface area contributed by atoms with E-state index in [1.165, 1.54) is 50.7 Å². The minimum absolute atomic E-state index is 0.0519. The summed E-state index contributed by atoms with van der Waals surface area (Å²) in [5.41, 5.74) is 0.269. The molecule has 0 aliphatic carbocycles. The lowest BCUT2D eigenvalue weighted by Gasteiger charge is -2.15. The van der Waals surface area contributed by atoms with Crippen LogP contribution in [0.2, 0.25) is 0 Å². The molecule has 2 aromatic heterocycles. The number of amides is 1. The summed E-state index contributed by atoms with van der Waals surface area (Å²) in [7, 11) is 0.674. The molecule has 0 saturated carbocycles. The maximum atomic E-state index is 12.4. The Morgan fingerprint density at radius 2 is 2.10 bits per heavy atom. The molecule has 3 aromatic rings. The van der Waals surface area contributed by atoms with Gasteiger partial charge in [0, 0.05) is 26.9 Å². The topological polar surface area (TPSA) is 115 Å². The van der Waals surface area contributed by atoms with Gasteiger partial charge in [-0.15, -0.1) is 11.3 Å². The zero-order valence-corrected chi connectivity index (χ0v) is 17.7. The zero-order chi connectivity index (χ0) is 21.0. The lowest BCUT2D eigenvalue weighted by molar-refractivity contribution is -0.116. The number of anilines is 1. The lowest BCUT2D eigenvalue weighted by atomic mass is 10.2. The largest absolute Gasteiger partial charge is 0.495 e. The van der Waals surface area contributed by atoms with Gasteiger partial charge < -0.3 is 14.6 Å². The summed E-state index contributed by atoms with van der Waals surface area (Å²) in [6.45, 7) is 0. The Morgan fingerprint density at radius 1 is 1.31 bits per heavy atom. The summed E-state index contributed by atoms with van der Waals surface area (Å²) in [5.74, 6) is 0.852. The predicted molar refractivity (Wildman–Crippen MR) is 108 cm³/mol. The van der Waals surface area contributed by atoms with Gasteiger partial charge in [0.2, 0.25) is 27.6 Å². The number of carbonyl (C=O) groups is 1. The number of benzene rings is 1. The predicted octanol–water partition coefficient (Wildman–Crippen LogP) is 2.63. The summed E-state index contributed by atoms with van der Waals surface area (Å²) < 4.78 is 36.1. The van der Waals surface area contributed by atoms with Crippen LogP contribution in [0.15, 0.2) is 45.1 Å². The summed E-state index contributed by atoms with van der Waals surface area (Å²) in [6.07, 6.45) is 0.335. The van der Waals surface area contributed by atoms with Crippen molar-refractivity contribution in [2.75, 3.05) is 26.5 Å². The number of carbonyl (C=O) groups excluding carboxylic acids is 1. The maximum Gasteiger partial charge on any atom is 0.242 e. The number of hydrogen-bond acceptors (Lipinski definition) is 8. The van der Waals surface area contributed by atoms with Gasteiger partial charge in [-0.25, -0.2) is 12.7 Å². The molecule has 0 spiro atoms. The van der Waals surface area contributed by atoms with Gasteiger partial charge >= 0.3 is 0 Å². The van der Waals surface area contributed by atoms with Crippen LogP contribution in [0.25, 0.3) is 10.7 Å². The number of hydrogen-bond donors (Lipinski definition) is 1. The molecule has 0 unspecified atom stereocenters. The number of sulfonamides is 1. The molecule has 0 aliphatic heterocycles. The third kappa shape index (κ3) is 4.81. The zero-order valence-electron chi connectivity index (χ0n) is 16.1. The van der Waals surface area contributed by atoms with Crippen molar-refractivity contribution < 1.29 is 22.5 Å². The van der Waals surface area contributed by atoms with Gasteiger partial charge in [0.05, 0.1) is 22.6 Å². The molecular formula is C18H20N4O5S2. The normalized spacial score (nSPS) is 11.6. The number of nitrogens with zero attached hydrogens (tertiary/aromatic N) is 3.